The normalized spacial score (nSPS) is 19.4. The molecule has 0 spiro atoms. The van der Waals surface area contributed by atoms with E-state index < -0.39 is 0 Å². The van der Waals surface area contributed by atoms with Crippen LogP contribution in [0.5, 0.6) is 0 Å². The molecule has 0 bridgehead atoms. The van der Waals surface area contributed by atoms with Crippen LogP contribution in [0.15, 0.2) is 24.3 Å². The van der Waals surface area contributed by atoms with E-state index in [1.165, 1.54) is 0 Å². The molecule has 1 N–H and O–H groups in total. The molecular weight excluding hydrogens is 254 g/mol. The van der Waals surface area contributed by atoms with Crippen LogP contribution in [-0.4, -0.2) is 46.8 Å². The molecule has 1 aliphatic heterocycles. The first-order valence-corrected chi connectivity index (χ1v) is 7.13. The standard InChI is InChI=1S/C15H19N3O2/c1-2-20-11-6-5-9-18(10-11)15(19)14-12-7-3-4-8-13(12)16-17-14/h3-4,7-8,11H,2,5-6,9-10H2,1H3,(H,16,17). The Balaban J connectivity index is 1.81. The molecule has 1 saturated heterocycles. The average Bonchev–Trinajstić information content (AvgIpc) is 2.91. The third kappa shape index (κ3) is 2.41. The summed E-state index contributed by atoms with van der Waals surface area (Å²) in [5.41, 5.74) is 1.41. The van der Waals surface area contributed by atoms with Gasteiger partial charge in [-0.2, -0.15) is 5.10 Å². The smallest absolute Gasteiger partial charge is 0.275 e. The summed E-state index contributed by atoms with van der Waals surface area (Å²) >= 11 is 0. The van der Waals surface area contributed by atoms with Gasteiger partial charge in [-0.15, -0.1) is 0 Å². The van der Waals surface area contributed by atoms with Crippen molar-refractivity contribution in [1.29, 1.82) is 0 Å². The molecule has 0 saturated carbocycles. The van der Waals surface area contributed by atoms with Gasteiger partial charge >= 0.3 is 0 Å². The minimum Gasteiger partial charge on any atom is -0.377 e. The largest absolute Gasteiger partial charge is 0.377 e. The number of aromatic nitrogens is 2. The second-order valence-corrected chi connectivity index (χ2v) is 5.09. The molecule has 1 aromatic heterocycles. The lowest BCUT2D eigenvalue weighted by atomic mass is 10.1. The highest BCUT2D eigenvalue weighted by Gasteiger charge is 2.27. The van der Waals surface area contributed by atoms with Crippen molar-refractivity contribution in [3.05, 3.63) is 30.0 Å². The summed E-state index contributed by atoms with van der Waals surface area (Å²) in [5, 5.41) is 7.99. The Hall–Kier alpha value is -1.88. The van der Waals surface area contributed by atoms with E-state index in [-0.39, 0.29) is 12.0 Å². The highest BCUT2D eigenvalue weighted by molar-refractivity contribution is 6.04. The summed E-state index contributed by atoms with van der Waals surface area (Å²) in [4.78, 5) is 14.5. The molecule has 1 fully saturated rings. The fraction of sp³-hybridized carbons (Fsp3) is 0.467. The van der Waals surface area contributed by atoms with Crippen molar-refractivity contribution in [3.8, 4) is 0 Å². The lowest BCUT2D eigenvalue weighted by Gasteiger charge is -2.32. The summed E-state index contributed by atoms with van der Waals surface area (Å²) < 4.78 is 5.65. The molecule has 2 aromatic rings. The summed E-state index contributed by atoms with van der Waals surface area (Å²) in [7, 11) is 0. The Morgan fingerprint density at radius 1 is 1.50 bits per heavy atom. The first kappa shape index (κ1) is 13.1. The van der Waals surface area contributed by atoms with Crippen molar-refractivity contribution in [2.24, 2.45) is 0 Å². The first-order chi connectivity index (χ1) is 9.79. The van der Waals surface area contributed by atoms with E-state index >= 15 is 0 Å². The van der Waals surface area contributed by atoms with Gasteiger partial charge in [0.2, 0.25) is 0 Å². The number of benzene rings is 1. The van der Waals surface area contributed by atoms with Crippen LogP contribution in [0.4, 0.5) is 0 Å². The van der Waals surface area contributed by atoms with E-state index in [1.807, 2.05) is 36.1 Å². The third-order valence-corrected chi connectivity index (χ3v) is 3.74. The molecule has 106 valence electrons. The van der Waals surface area contributed by atoms with Gasteiger partial charge in [0, 0.05) is 25.1 Å². The van der Waals surface area contributed by atoms with Crippen molar-refractivity contribution in [3.63, 3.8) is 0 Å². The number of carbonyl (C=O) groups is 1. The van der Waals surface area contributed by atoms with Crippen LogP contribution in [0.25, 0.3) is 10.9 Å². The molecule has 1 aliphatic rings. The topological polar surface area (TPSA) is 58.2 Å². The Morgan fingerprint density at radius 2 is 2.35 bits per heavy atom. The van der Waals surface area contributed by atoms with Gasteiger partial charge in [-0.25, -0.2) is 0 Å². The van der Waals surface area contributed by atoms with Crippen LogP contribution >= 0.6 is 0 Å². The predicted octanol–water partition coefficient (Wildman–Crippen LogP) is 2.20. The van der Waals surface area contributed by atoms with Gasteiger partial charge in [0.05, 0.1) is 11.6 Å². The lowest BCUT2D eigenvalue weighted by Crippen LogP contribution is -2.43. The summed E-state index contributed by atoms with van der Waals surface area (Å²) in [5.74, 6) is -0.00754. The summed E-state index contributed by atoms with van der Waals surface area (Å²) in [6.07, 6.45) is 2.17. The fourth-order valence-corrected chi connectivity index (χ4v) is 2.77. The zero-order valence-corrected chi connectivity index (χ0v) is 11.6. The molecule has 0 radical (unpaired) electrons. The molecule has 5 heteroatoms. The van der Waals surface area contributed by atoms with E-state index in [0.717, 1.165) is 30.3 Å². The molecule has 2 heterocycles. The maximum atomic E-state index is 12.6. The molecule has 20 heavy (non-hydrogen) atoms. The van der Waals surface area contributed by atoms with E-state index in [1.54, 1.807) is 0 Å². The maximum absolute atomic E-state index is 12.6. The number of carbonyl (C=O) groups excluding carboxylic acids is 1. The molecule has 1 unspecified atom stereocenters. The maximum Gasteiger partial charge on any atom is 0.275 e. The van der Waals surface area contributed by atoms with Crippen molar-refractivity contribution in [2.75, 3.05) is 19.7 Å². The molecule has 3 rings (SSSR count). The van der Waals surface area contributed by atoms with Crippen molar-refractivity contribution >= 4 is 16.8 Å². The summed E-state index contributed by atoms with van der Waals surface area (Å²) in [6, 6.07) is 7.71. The van der Waals surface area contributed by atoms with E-state index in [9.17, 15) is 4.79 Å². The average molecular weight is 273 g/mol. The second-order valence-electron chi connectivity index (χ2n) is 5.09. The van der Waals surface area contributed by atoms with Gasteiger partial charge in [-0.1, -0.05) is 18.2 Å². The van der Waals surface area contributed by atoms with E-state index in [4.69, 9.17) is 4.74 Å². The van der Waals surface area contributed by atoms with Crippen LogP contribution < -0.4 is 0 Å². The highest BCUT2D eigenvalue weighted by Crippen LogP contribution is 2.20. The third-order valence-electron chi connectivity index (χ3n) is 3.74. The number of nitrogens with zero attached hydrogens (tertiary/aromatic N) is 2. The zero-order valence-electron chi connectivity index (χ0n) is 11.6. The number of aromatic amines is 1. The number of amides is 1. The number of piperidine rings is 1. The van der Waals surface area contributed by atoms with Crippen LogP contribution in [0.2, 0.25) is 0 Å². The molecule has 1 aromatic carbocycles. The number of para-hydroxylation sites is 1. The highest BCUT2D eigenvalue weighted by atomic mass is 16.5. The van der Waals surface area contributed by atoms with Crippen LogP contribution in [0.1, 0.15) is 30.3 Å². The van der Waals surface area contributed by atoms with E-state index in [2.05, 4.69) is 10.2 Å². The van der Waals surface area contributed by atoms with Gasteiger partial charge in [0.1, 0.15) is 0 Å². The molecule has 1 atom stereocenters. The quantitative estimate of drug-likeness (QED) is 0.932. The number of ether oxygens (including phenoxy) is 1. The van der Waals surface area contributed by atoms with Crippen LogP contribution in [-0.2, 0) is 4.74 Å². The minimum atomic E-state index is -0.00754. The monoisotopic (exact) mass is 273 g/mol. The van der Waals surface area contributed by atoms with Gasteiger partial charge in [0.25, 0.3) is 5.91 Å². The predicted molar refractivity (Wildman–Crippen MR) is 76.6 cm³/mol. The van der Waals surface area contributed by atoms with Gasteiger partial charge in [-0.3, -0.25) is 9.89 Å². The lowest BCUT2D eigenvalue weighted by molar-refractivity contribution is 0.00710. The second kappa shape index (κ2) is 5.63. The number of nitrogens with one attached hydrogen (secondary N) is 1. The fourth-order valence-electron chi connectivity index (χ4n) is 2.77. The van der Waals surface area contributed by atoms with E-state index in [0.29, 0.717) is 18.8 Å². The summed E-state index contributed by atoms with van der Waals surface area (Å²) in [6.45, 7) is 4.12. The van der Waals surface area contributed by atoms with Crippen LogP contribution in [0.3, 0.4) is 0 Å². The van der Waals surface area contributed by atoms with Crippen LogP contribution in [0, 0.1) is 0 Å². The number of hydrogen-bond acceptors (Lipinski definition) is 3. The molecule has 1 amide bonds. The minimum absolute atomic E-state index is 0.00754. The Morgan fingerprint density at radius 3 is 3.20 bits per heavy atom. The number of H-pyrrole nitrogens is 1. The van der Waals surface area contributed by atoms with Gasteiger partial charge in [0.15, 0.2) is 5.69 Å². The van der Waals surface area contributed by atoms with Crippen molar-refractivity contribution in [2.45, 2.75) is 25.9 Å². The Bertz CT molecular complexity index is 606. The van der Waals surface area contributed by atoms with Crippen molar-refractivity contribution in [1.82, 2.24) is 15.1 Å². The number of hydrogen-bond donors (Lipinski definition) is 1. The number of fused-ring (bicyclic) bond motifs is 1. The van der Waals surface area contributed by atoms with Gasteiger partial charge in [-0.05, 0) is 25.8 Å². The number of likely N-dealkylation sites (tertiary alicyclic amines) is 1. The zero-order chi connectivity index (χ0) is 13.9. The molecular formula is C15H19N3O2. The molecule has 5 nitrogen and oxygen atoms in total. The Kier molecular flexibility index (Phi) is 3.69. The first-order valence-electron chi connectivity index (χ1n) is 7.13. The SMILES string of the molecule is CCOC1CCCN(C(=O)c2n[nH]c3ccccc23)C1. The molecule has 0 aliphatic carbocycles. The van der Waals surface area contributed by atoms with Gasteiger partial charge < -0.3 is 9.64 Å². The Labute approximate surface area is 117 Å². The number of rotatable bonds is 3. The van der Waals surface area contributed by atoms with Crippen molar-refractivity contribution < 1.29 is 9.53 Å².